The van der Waals surface area contributed by atoms with Crippen molar-refractivity contribution in [1.82, 2.24) is 25.1 Å². The van der Waals surface area contributed by atoms with E-state index in [1.165, 1.54) is 23.1 Å². The molecule has 0 radical (unpaired) electrons. The highest BCUT2D eigenvalue weighted by Crippen LogP contribution is 2.29. The molecule has 0 saturated carbocycles. The first-order valence-electron chi connectivity index (χ1n) is 11.8. The number of hydrogen-bond donors (Lipinski definition) is 2. The largest absolute Gasteiger partial charge is 0.345 e. The number of carbonyl (C=O) groups is 2. The molecule has 0 aliphatic carbocycles. The van der Waals surface area contributed by atoms with Crippen LogP contribution in [-0.2, 0) is 11.3 Å². The second-order valence-electron chi connectivity index (χ2n) is 8.64. The van der Waals surface area contributed by atoms with Crippen LogP contribution < -0.4 is 10.6 Å². The van der Waals surface area contributed by atoms with Crippen molar-refractivity contribution < 1.29 is 9.59 Å². The fraction of sp³-hybridized carbons (Fsp3) is 0.148. The summed E-state index contributed by atoms with van der Waals surface area (Å²) in [5.74, 6) is 0.0860. The zero-order valence-electron chi connectivity index (χ0n) is 20.9. The summed E-state index contributed by atoms with van der Waals surface area (Å²) in [6.45, 7) is 4.07. The first-order valence-corrected chi connectivity index (χ1v) is 14.4. The van der Waals surface area contributed by atoms with E-state index in [4.69, 9.17) is 23.2 Å². The van der Waals surface area contributed by atoms with Gasteiger partial charge in [0.1, 0.15) is 0 Å². The van der Waals surface area contributed by atoms with Crippen LogP contribution in [0.25, 0.3) is 15.9 Å². The molecule has 2 heterocycles. The molecule has 0 spiro atoms. The molecule has 0 bridgehead atoms. The van der Waals surface area contributed by atoms with Gasteiger partial charge in [-0.1, -0.05) is 64.5 Å². The number of amides is 2. The lowest BCUT2D eigenvalue weighted by Gasteiger charge is -2.12. The molecule has 5 aromatic rings. The van der Waals surface area contributed by atoms with E-state index in [0.29, 0.717) is 37.4 Å². The van der Waals surface area contributed by atoms with Gasteiger partial charge in [-0.15, -0.1) is 10.2 Å². The summed E-state index contributed by atoms with van der Waals surface area (Å²) < 4.78 is 2.74. The molecule has 0 aliphatic rings. The number of nitrogens with one attached hydrogen (secondary N) is 2. The van der Waals surface area contributed by atoms with Gasteiger partial charge in [-0.25, -0.2) is 4.98 Å². The maximum Gasteiger partial charge on any atom is 0.251 e. The van der Waals surface area contributed by atoms with Gasteiger partial charge in [0, 0.05) is 5.56 Å². The van der Waals surface area contributed by atoms with Crippen molar-refractivity contribution in [2.24, 2.45) is 0 Å². The van der Waals surface area contributed by atoms with Crippen molar-refractivity contribution in [3.05, 3.63) is 93.2 Å². The average Bonchev–Trinajstić information content (AvgIpc) is 3.52. The number of nitrogens with zero attached hydrogens (tertiary/aromatic N) is 4. The normalized spacial score (nSPS) is 11.1. The maximum absolute atomic E-state index is 12.8. The SMILES string of the molecule is Cc1ccc(C(=O)NCc2nnc(SCC(=O)Nc3nc4ccccc4s3)n2-c2ccc(Cl)c(Cl)c2)cc1C. The number of thioether (sulfide) groups is 1. The van der Waals surface area contributed by atoms with Crippen LogP contribution in [-0.4, -0.2) is 37.3 Å². The molecule has 0 aliphatic heterocycles. The van der Waals surface area contributed by atoms with Crippen molar-refractivity contribution in [1.29, 1.82) is 0 Å². The number of benzene rings is 3. The Labute approximate surface area is 242 Å². The van der Waals surface area contributed by atoms with Crippen molar-refractivity contribution in [2.75, 3.05) is 11.1 Å². The van der Waals surface area contributed by atoms with Gasteiger partial charge in [-0.2, -0.15) is 0 Å². The molecular weight excluding hydrogens is 575 g/mol. The van der Waals surface area contributed by atoms with Crippen LogP contribution in [0.15, 0.2) is 65.8 Å². The van der Waals surface area contributed by atoms with Gasteiger partial charge in [0.25, 0.3) is 5.91 Å². The van der Waals surface area contributed by atoms with E-state index in [9.17, 15) is 9.59 Å². The summed E-state index contributed by atoms with van der Waals surface area (Å²) >= 11 is 15.0. The Morgan fingerprint density at radius 3 is 2.56 bits per heavy atom. The number of para-hydroxylation sites is 1. The second-order valence-corrected chi connectivity index (χ2v) is 11.4. The van der Waals surface area contributed by atoms with E-state index < -0.39 is 0 Å². The van der Waals surface area contributed by atoms with E-state index in [0.717, 1.165) is 21.3 Å². The molecule has 5 rings (SSSR count). The molecule has 2 aromatic heterocycles. The van der Waals surface area contributed by atoms with Crippen LogP contribution >= 0.6 is 46.3 Å². The van der Waals surface area contributed by atoms with E-state index >= 15 is 0 Å². The molecule has 2 amide bonds. The number of aryl methyl sites for hydroxylation is 2. The topological polar surface area (TPSA) is 102 Å². The summed E-state index contributed by atoms with van der Waals surface area (Å²) in [6.07, 6.45) is 0. The van der Waals surface area contributed by atoms with Gasteiger partial charge < -0.3 is 10.6 Å². The number of fused-ring (bicyclic) bond motifs is 1. The third-order valence-electron chi connectivity index (χ3n) is 5.91. The van der Waals surface area contributed by atoms with Crippen LogP contribution in [0.1, 0.15) is 27.3 Å². The Bertz CT molecular complexity index is 1670. The smallest absolute Gasteiger partial charge is 0.251 e. The van der Waals surface area contributed by atoms with E-state index in [2.05, 4.69) is 25.8 Å². The summed E-state index contributed by atoms with van der Waals surface area (Å²) in [5, 5.41) is 16.1. The van der Waals surface area contributed by atoms with Gasteiger partial charge in [0.15, 0.2) is 16.1 Å². The lowest BCUT2D eigenvalue weighted by Crippen LogP contribution is -2.24. The van der Waals surface area contributed by atoms with E-state index in [-0.39, 0.29) is 24.1 Å². The minimum atomic E-state index is -0.230. The van der Waals surface area contributed by atoms with Crippen LogP contribution in [0.2, 0.25) is 10.0 Å². The van der Waals surface area contributed by atoms with Crippen LogP contribution in [0.4, 0.5) is 5.13 Å². The Morgan fingerprint density at radius 1 is 0.974 bits per heavy atom. The van der Waals surface area contributed by atoms with Gasteiger partial charge in [0.2, 0.25) is 5.91 Å². The molecule has 0 unspecified atom stereocenters. The fourth-order valence-electron chi connectivity index (χ4n) is 3.75. The number of halogens is 2. The second kappa shape index (κ2) is 11.7. The molecule has 39 heavy (non-hydrogen) atoms. The molecule has 0 atom stereocenters. The molecule has 3 aromatic carbocycles. The summed E-state index contributed by atoms with van der Waals surface area (Å²) in [6, 6.07) is 18.4. The number of anilines is 1. The lowest BCUT2D eigenvalue weighted by molar-refractivity contribution is -0.113. The summed E-state index contributed by atoms with van der Waals surface area (Å²) in [5.41, 5.74) is 4.18. The predicted molar refractivity (Wildman–Crippen MR) is 157 cm³/mol. The number of aromatic nitrogens is 4. The molecule has 0 saturated heterocycles. The standard InChI is InChI=1S/C27H22Cl2N6O2S2/c1-15-7-8-17(11-16(15)2)25(37)30-13-23-33-34-27(35(23)18-9-10-19(28)20(29)12-18)38-14-24(36)32-26-31-21-5-3-4-6-22(21)39-26/h3-12H,13-14H2,1-2H3,(H,30,37)(H,31,32,36). The fourth-order valence-corrected chi connectivity index (χ4v) is 5.69. The van der Waals surface area contributed by atoms with Crippen LogP contribution in [0.3, 0.4) is 0 Å². The van der Waals surface area contributed by atoms with E-state index in [1.54, 1.807) is 28.8 Å². The Kier molecular flexibility index (Phi) is 8.18. The Hall–Kier alpha value is -3.44. The third-order valence-corrected chi connectivity index (χ3v) is 8.53. The van der Waals surface area contributed by atoms with Crippen LogP contribution in [0.5, 0.6) is 0 Å². The monoisotopic (exact) mass is 596 g/mol. The number of carbonyl (C=O) groups excluding carboxylic acids is 2. The molecule has 8 nitrogen and oxygen atoms in total. The van der Waals surface area contributed by atoms with Crippen molar-refractivity contribution in [3.8, 4) is 5.69 Å². The predicted octanol–water partition coefficient (Wildman–Crippen LogP) is 6.46. The Balaban J connectivity index is 1.33. The summed E-state index contributed by atoms with van der Waals surface area (Å²) in [7, 11) is 0. The van der Waals surface area contributed by atoms with Crippen molar-refractivity contribution in [3.63, 3.8) is 0 Å². The maximum atomic E-state index is 12.8. The average molecular weight is 598 g/mol. The molecule has 0 fully saturated rings. The lowest BCUT2D eigenvalue weighted by atomic mass is 10.1. The third kappa shape index (κ3) is 6.25. The van der Waals surface area contributed by atoms with Gasteiger partial charge in [-0.3, -0.25) is 14.2 Å². The zero-order valence-corrected chi connectivity index (χ0v) is 24.0. The molecular formula is C27H22Cl2N6O2S2. The quantitative estimate of drug-likeness (QED) is 0.199. The molecule has 12 heteroatoms. The number of rotatable bonds is 8. The van der Waals surface area contributed by atoms with Crippen LogP contribution in [0, 0.1) is 13.8 Å². The Morgan fingerprint density at radius 2 is 1.79 bits per heavy atom. The molecule has 2 N–H and O–H groups in total. The molecule has 198 valence electrons. The van der Waals surface area contributed by atoms with Gasteiger partial charge in [-0.05, 0) is 67.4 Å². The highest BCUT2D eigenvalue weighted by Gasteiger charge is 2.18. The minimum Gasteiger partial charge on any atom is -0.345 e. The van der Waals surface area contributed by atoms with Gasteiger partial charge in [0.05, 0.1) is 38.2 Å². The number of thiazole rings is 1. The van der Waals surface area contributed by atoms with Gasteiger partial charge >= 0.3 is 0 Å². The van der Waals surface area contributed by atoms with Crippen molar-refractivity contribution >= 4 is 73.5 Å². The highest BCUT2D eigenvalue weighted by molar-refractivity contribution is 7.99. The first-order chi connectivity index (χ1) is 18.8. The number of hydrogen-bond acceptors (Lipinski definition) is 7. The minimum absolute atomic E-state index is 0.0738. The first kappa shape index (κ1) is 27.1. The van der Waals surface area contributed by atoms with E-state index in [1.807, 2.05) is 50.2 Å². The van der Waals surface area contributed by atoms with Crippen molar-refractivity contribution in [2.45, 2.75) is 25.5 Å². The highest BCUT2D eigenvalue weighted by atomic mass is 35.5. The summed E-state index contributed by atoms with van der Waals surface area (Å²) in [4.78, 5) is 30.0. The zero-order chi connectivity index (χ0) is 27.5.